The van der Waals surface area contributed by atoms with Crippen LogP contribution < -0.4 is 5.32 Å². The fraction of sp³-hybridized carbons (Fsp3) is 0.261. The van der Waals surface area contributed by atoms with E-state index in [1.54, 1.807) is 17.5 Å². The zero-order chi connectivity index (χ0) is 21.1. The van der Waals surface area contributed by atoms with E-state index in [9.17, 15) is 4.79 Å². The van der Waals surface area contributed by atoms with Crippen molar-refractivity contribution in [1.82, 2.24) is 20.3 Å². The van der Waals surface area contributed by atoms with E-state index >= 15 is 0 Å². The predicted octanol–water partition coefficient (Wildman–Crippen LogP) is 4.80. The molecular formula is C23H24N4O2S. The van der Waals surface area contributed by atoms with Crippen LogP contribution in [0, 0.1) is 13.8 Å². The van der Waals surface area contributed by atoms with Crippen LogP contribution >= 0.6 is 11.3 Å². The third-order valence-electron chi connectivity index (χ3n) is 5.08. The molecule has 0 unspecified atom stereocenters. The maximum Gasteiger partial charge on any atom is 0.227 e. The summed E-state index contributed by atoms with van der Waals surface area (Å²) in [5, 5.41) is 13.6. The lowest BCUT2D eigenvalue weighted by Crippen LogP contribution is -2.31. The maximum absolute atomic E-state index is 12.6. The highest BCUT2D eigenvalue weighted by molar-refractivity contribution is 7.13. The summed E-state index contributed by atoms with van der Waals surface area (Å²) in [6.07, 6.45) is 1.80. The van der Waals surface area contributed by atoms with Gasteiger partial charge in [-0.2, -0.15) is 5.10 Å². The average Bonchev–Trinajstić information content (AvgIpc) is 3.48. The number of aryl methyl sites for hydroxylation is 2. The molecule has 1 N–H and O–H groups in total. The molecule has 0 spiro atoms. The summed E-state index contributed by atoms with van der Waals surface area (Å²) >= 11 is 1.64. The Morgan fingerprint density at radius 1 is 1.23 bits per heavy atom. The quantitative estimate of drug-likeness (QED) is 0.466. The van der Waals surface area contributed by atoms with Gasteiger partial charge < -0.3 is 9.84 Å². The van der Waals surface area contributed by atoms with Gasteiger partial charge in [0.2, 0.25) is 5.91 Å². The molecule has 4 aromatic rings. The molecule has 3 aromatic heterocycles. The van der Waals surface area contributed by atoms with Crippen molar-refractivity contribution in [3.8, 4) is 21.9 Å². The molecule has 0 fully saturated rings. The average molecular weight is 421 g/mol. The Bertz CT molecular complexity index is 1130. The van der Waals surface area contributed by atoms with E-state index in [0.29, 0.717) is 18.8 Å². The Hall–Kier alpha value is -3.19. The molecule has 30 heavy (non-hydrogen) atoms. The topological polar surface area (TPSA) is 73.0 Å². The van der Waals surface area contributed by atoms with Crippen molar-refractivity contribution in [2.75, 3.05) is 6.54 Å². The number of aromatic nitrogens is 3. The standard InChI is InChI=1S/C23H24N4O2S/c1-15-6-8-18(9-7-15)17(3)23(28)24-10-11-27-22(21-5-4-12-30-21)19(14-25-27)20-13-16(2)26-29-20/h4-9,12-14,17H,10-11H2,1-3H3,(H,24,28)/t17-/m1/s1. The molecule has 0 radical (unpaired) electrons. The first-order valence-electron chi connectivity index (χ1n) is 9.90. The molecule has 7 heteroatoms. The van der Waals surface area contributed by atoms with Crippen LogP contribution in [0.4, 0.5) is 0 Å². The van der Waals surface area contributed by atoms with Crippen LogP contribution in [0.25, 0.3) is 21.9 Å². The molecule has 154 valence electrons. The van der Waals surface area contributed by atoms with Gasteiger partial charge in [-0.25, -0.2) is 0 Å². The van der Waals surface area contributed by atoms with Gasteiger partial charge in [0.05, 0.1) is 40.5 Å². The zero-order valence-corrected chi connectivity index (χ0v) is 18.1. The SMILES string of the molecule is Cc1ccc([C@@H](C)C(=O)NCCn2ncc(-c3cc(C)no3)c2-c2cccs2)cc1. The Morgan fingerprint density at radius 2 is 2.03 bits per heavy atom. The van der Waals surface area contributed by atoms with E-state index in [1.807, 2.05) is 67.2 Å². The molecule has 0 saturated heterocycles. The highest BCUT2D eigenvalue weighted by Gasteiger charge is 2.19. The van der Waals surface area contributed by atoms with E-state index in [1.165, 1.54) is 5.56 Å². The summed E-state index contributed by atoms with van der Waals surface area (Å²) in [5.41, 5.74) is 4.90. The van der Waals surface area contributed by atoms with Crippen LogP contribution in [0.3, 0.4) is 0 Å². The Kier molecular flexibility index (Phi) is 5.81. The van der Waals surface area contributed by atoms with Gasteiger partial charge in [-0.15, -0.1) is 11.3 Å². The van der Waals surface area contributed by atoms with E-state index in [-0.39, 0.29) is 11.8 Å². The van der Waals surface area contributed by atoms with Crippen LogP contribution in [0.2, 0.25) is 0 Å². The summed E-state index contributed by atoms with van der Waals surface area (Å²) in [5.74, 6) is 0.502. The van der Waals surface area contributed by atoms with Crippen LogP contribution in [0.1, 0.15) is 29.7 Å². The Morgan fingerprint density at radius 3 is 2.70 bits per heavy atom. The smallest absolute Gasteiger partial charge is 0.227 e. The van der Waals surface area contributed by atoms with Gasteiger partial charge in [0, 0.05) is 12.6 Å². The van der Waals surface area contributed by atoms with Crippen molar-refractivity contribution >= 4 is 17.2 Å². The molecule has 0 aliphatic carbocycles. The monoisotopic (exact) mass is 420 g/mol. The van der Waals surface area contributed by atoms with Crippen molar-refractivity contribution in [1.29, 1.82) is 0 Å². The number of thiophene rings is 1. The number of hydrogen-bond acceptors (Lipinski definition) is 5. The molecule has 3 heterocycles. The lowest BCUT2D eigenvalue weighted by atomic mass is 9.99. The molecular weight excluding hydrogens is 396 g/mol. The second-order valence-electron chi connectivity index (χ2n) is 7.36. The number of amides is 1. The number of nitrogens with one attached hydrogen (secondary N) is 1. The summed E-state index contributed by atoms with van der Waals surface area (Å²) in [6.45, 7) is 6.91. The van der Waals surface area contributed by atoms with Crippen molar-refractivity contribution in [2.24, 2.45) is 0 Å². The van der Waals surface area contributed by atoms with Gasteiger partial charge in [-0.05, 0) is 37.8 Å². The molecule has 1 amide bonds. The highest BCUT2D eigenvalue weighted by Crippen LogP contribution is 2.34. The zero-order valence-electron chi connectivity index (χ0n) is 17.3. The lowest BCUT2D eigenvalue weighted by molar-refractivity contribution is -0.122. The molecule has 0 aliphatic rings. The molecule has 4 rings (SSSR count). The fourth-order valence-electron chi connectivity index (χ4n) is 3.34. The minimum absolute atomic E-state index is 0.00904. The van der Waals surface area contributed by atoms with Crippen LogP contribution in [-0.4, -0.2) is 27.4 Å². The third-order valence-corrected chi connectivity index (χ3v) is 5.96. The van der Waals surface area contributed by atoms with E-state index in [0.717, 1.165) is 27.4 Å². The molecule has 6 nitrogen and oxygen atoms in total. The van der Waals surface area contributed by atoms with Gasteiger partial charge >= 0.3 is 0 Å². The normalized spacial score (nSPS) is 12.1. The minimum atomic E-state index is -0.201. The second kappa shape index (κ2) is 8.67. The van der Waals surface area contributed by atoms with Crippen molar-refractivity contribution in [3.63, 3.8) is 0 Å². The summed E-state index contributed by atoms with van der Waals surface area (Å²) in [7, 11) is 0. The van der Waals surface area contributed by atoms with Crippen molar-refractivity contribution in [3.05, 3.63) is 70.9 Å². The minimum Gasteiger partial charge on any atom is -0.356 e. The van der Waals surface area contributed by atoms with Crippen molar-refractivity contribution in [2.45, 2.75) is 33.2 Å². The summed E-state index contributed by atoms with van der Waals surface area (Å²) in [6, 6.07) is 14.1. The number of rotatable bonds is 7. The number of carbonyl (C=O) groups excluding carboxylic acids is 1. The van der Waals surface area contributed by atoms with Gasteiger partial charge in [0.25, 0.3) is 0 Å². The fourth-order valence-corrected chi connectivity index (χ4v) is 4.13. The van der Waals surface area contributed by atoms with E-state index in [2.05, 4.69) is 21.6 Å². The van der Waals surface area contributed by atoms with Crippen LogP contribution in [0.5, 0.6) is 0 Å². The van der Waals surface area contributed by atoms with Gasteiger partial charge in [0.1, 0.15) is 0 Å². The van der Waals surface area contributed by atoms with Crippen LogP contribution in [-0.2, 0) is 11.3 Å². The summed E-state index contributed by atoms with van der Waals surface area (Å²) in [4.78, 5) is 13.7. The highest BCUT2D eigenvalue weighted by atomic mass is 32.1. The van der Waals surface area contributed by atoms with Crippen LogP contribution in [0.15, 0.2) is 58.6 Å². The second-order valence-corrected chi connectivity index (χ2v) is 8.31. The number of hydrogen-bond donors (Lipinski definition) is 1. The summed E-state index contributed by atoms with van der Waals surface area (Å²) < 4.78 is 7.38. The Balaban J connectivity index is 1.48. The number of carbonyl (C=O) groups is 1. The molecule has 1 atom stereocenters. The van der Waals surface area contributed by atoms with E-state index < -0.39 is 0 Å². The van der Waals surface area contributed by atoms with Gasteiger partial charge in [-0.3, -0.25) is 9.48 Å². The van der Waals surface area contributed by atoms with Crippen molar-refractivity contribution < 1.29 is 9.32 Å². The molecule has 1 aromatic carbocycles. The Labute approximate surface area is 179 Å². The lowest BCUT2D eigenvalue weighted by Gasteiger charge is -2.14. The van der Waals surface area contributed by atoms with E-state index in [4.69, 9.17) is 4.52 Å². The predicted molar refractivity (Wildman–Crippen MR) is 118 cm³/mol. The largest absolute Gasteiger partial charge is 0.356 e. The number of benzene rings is 1. The number of nitrogens with zero attached hydrogens (tertiary/aromatic N) is 3. The first-order chi connectivity index (χ1) is 14.5. The first-order valence-corrected chi connectivity index (χ1v) is 10.8. The molecule has 0 aliphatic heterocycles. The van der Waals surface area contributed by atoms with Gasteiger partial charge in [-0.1, -0.05) is 41.1 Å². The maximum atomic E-state index is 12.6. The third kappa shape index (κ3) is 4.21. The molecule has 0 bridgehead atoms. The first kappa shape index (κ1) is 20.1. The molecule has 0 saturated carbocycles. The van der Waals surface area contributed by atoms with Gasteiger partial charge in [0.15, 0.2) is 5.76 Å².